The molecular weight excluding hydrogens is 432 g/mol. The lowest BCUT2D eigenvalue weighted by molar-refractivity contribution is -0.123. The summed E-state index contributed by atoms with van der Waals surface area (Å²) in [6, 6.07) is 18.8. The van der Waals surface area contributed by atoms with Crippen LogP contribution in [0.15, 0.2) is 71.8 Å². The van der Waals surface area contributed by atoms with Crippen LogP contribution in [0.25, 0.3) is 0 Å². The average molecular weight is 453 g/mol. The molecule has 0 spiro atoms. The minimum Gasteiger partial charge on any atom is -0.493 e. The number of methoxy groups -OCH3 is 1. The highest BCUT2D eigenvalue weighted by Crippen LogP contribution is 2.29. The number of carbonyl (C=O) groups is 2. The number of carbonyl (C=O) groups excluding carboxylic acids is 2. The number of amides is 1. The lowest BCUT2D eigenvalue weighted by atomic mass is 10.2. The number of benzene rings is 3. The van der Waals surface area contributed by atoms with Gasteiger partial charge in [0.05, 0.1) is 23.9 Å². The first-order valence-corrected chi connectivity index (χ1v) is 10.00. The summed E-state index contributed by atoms with van der Waals surface area (Å²) in [4.78, 5) is 24.3. The fraction of sp³-hybridized carbons (Fsp3) is 0.125. The van der Waals surface area contributed by atoms with E-state index in [4.69, 9.17) is 25.8 Å². The molecule has 0 fully saturated rings. The van der Waals surface area contributed by atoms with Gasteiger partial charge in [-0.05, 0) is 55.0 Å². The Morgan fingerprint density at radius 3 is 2.50 bits per heavy atom. The minimum atomic E-state index is -0.601. The molecule has 0 saturated heterocycles. The number of hydrogen-bond donors (Lipinski definition) is 1. The predicted octanol–water partition coefficient (Wildman–Crippen LogP) is 4.41. The summed E-state index contributed by atoms with van der Waals surface area (Å²) in [5.74, 6) is 0.144. The van der Waals surface area contributed by atoms with E-state index < -0.39 is 11.9 Å². The van der Waals surface area contributed by atoms with Gasteiger partial charge < -0.3 is 14.2 Å². The normalized spacial score (nSPS) is 10.6. The van der Waals surface area contributed by atoms with Gasteiger partial charge in [-0.2, -0.15) is 5.10 Å². The molecule has 0 bridgehead atoms. The van der Waals surface area contributed by atoms with Gasteiger partial charge in [0.1, 0.15) is 5.75 Å². The summed E-state index contributed by atoms with van der Waals surface area (Å²) in [7, 11) is 1.45. The monoisotopic (exact) mass is 452 g/mol. The van der Waals surface area contributed by atoms with Crippen molar-refractivity contribution < 1.29 is 23.8 Å². The molecule has 3 aromatic rings. The molecule has 0 atom stereocenters. The zero-order valence-electron chi connectivity index (χ0n) is 17.5. The number of hydrogen-bond acceptors (Lipinski definition) is 6. The van der Waals surface area contributed by atoms with Gasteiger partial charge in [0.15, 0.2) is 18.1 Å². The molecule has 0 aliphatic rings. The maximum atomic E-state index is 12.4. The average Bonchev–Trinajstić information content (AvgIpc) is 2.79. The Labute approximate surface area is 190 Å². The Hall–Kier alpha value is -3.84. The third-order valence-electron chi connectivity index (χ3n) is 4.28. The summed E-state index contributed by atoms with van der Waals surface area (Å²) in [5, 5.41) is 4.20. The van der Waals surface area contributed by atoms with Gasteiger partial charge in [0, 0.05) is 0 Å². The van der Waals surface area contributed by atoms with Crippen molar-refractivity contribution in [2.24, 2.45) is 5.10 Å². The molecule has 3 rings (SSSR count). The molecule has 0 unspecified atom stereocenters. The third-order valence-corrected chi connectivity index (χ3v) is 4.61. The fourth-order valence-electron chi connectivity index (χ4n) is 2.62. The topological polar surface area (TPSA) is 86.2 Å². The third kappa shape index (κ3) is 6.33. The zero-order chi connectivity index (χ0) is 22.9. The van der Waals surface area contributed by atoms with E-state index in [1.165, 1.54) is 13.3 Å². The van der Waals surface area contributed by atoms with E-state index in [0.29, 0.717) is 22.1 Å². The van der Waals surface area contributed by atoms with Gasteiger partial charge in [-0.25, -0.2) is 10.2 Å². The number of nitrogens with zero attached hydrogens (tertiary/aromatic N) is 1. The summed E-state index contributed by atoms with van der Waals surface area (Å²) in [6.07, 6.45) is 1.44. The lowest BCUT2D eigenvalue weighted by Gasteiger charge is -2.10. The van der Waals surface area contributed by atoms with Crippen molar-refractivity contribution in [1.82, 2.24) is 5.43 Å². The van der Waals surface area contributed by atoms with E-state index in [2.05, 4.69) is 10.5 Å². The van der Waals surface area contributed by atoms with Crippen molar-refractivity contribution in [2.45, 2.75) is 6.92 Å². The largest absolute Gasteiger partial charge is 0.493 e. The predicted molar refractivity (Wildman–Crippen MR) is 122 cm³/mol. The lowest BCUT2D eigenvalue weighted by Crippen LogP contribution is -2.24. The van der Waals surface area contributed by atoms with Crippen molar-refractivity contribution in [1.29, 1.82) is 0 Å². The molecule has 164 valence electrons. The van der Waals surface area contributed by atoms with Crippen LogP contribution in [0.2, 0.25) is 5.02 Å². The van der Waals surface area contributed by atoms with Crippen LogP contribution in [-0.2, 0) is 4.79 Å². The molecule has 0 aliphatic heterocycles. The number of halogens is 1. The van der Waals surface area contributed by atoms with Gasteiger partial charge in [-0.3, -0.25) is 4.79 Å². The molecule has 7 nitrogen and oxygen atoms in total. The van der Waals surface area contributed by atoms with Crippen LogP contribution < -0.4 is 19.6 Å². The van der Waals surface area contributed by atoms with Crippen LogP contribution in [0.1, 0.15) is 21.5 Å². The number of hydrazone groups is 1. The SMILES string of the molecule is COc1cc(/C=N\NC(=O)COc2ccc(C)cc2)ccc1OC(=O)c1ccccc1Cl. The smallest absolute Gasteiger partial charge is 0.345 e. The molecule has 8 heteroatoms. The van der Waals surface area contributed by atoms with Crippen LogP contribution in [0.4, 0.5) is 0 Å². The number of esters is 1. The summed E-state index contributed by atoms with van der Waals surface area (Å²) < 4.78 is 16.1. The Balaban J connectivity index is 1.57. The number of nitrogens with one attached hydrogen (secondary N) is 1. The van der Waals surface area contributed by atoms with Gasteiger partial charge in [-0.1, -0.05) is 41.4 Å². The Kier molecular flexibility index (Phi) is 7.83. The van der Waals surface area contributed by atoms with Gasteiger partial charge in [0.2, 0.25) is 0 Å². The highest BCUT2D eigenvalue weighted by molar-refractivity contribution is 6.33. The highest BCUT2D eigenvalue weighted by atomic mass is 35.5. The minimum absolute atomic E-state index is 0.166. The molecule has 0 aliphatic carbocycles. The number of ether oxygens (including phenoxy) is 3. The number of aryl methyl sites for hydroxylation is 1. The van der Waals surface area contributed by atoms with Crippen molar-refractivity contribution >= 4 is 29.7 Å². The van der Waals surface area contributed by atoms with Crippen LogP contribution in [0.3, 0.4) is 0 Å². The first-order chi connectivity index (χ1) is 15.5. The van der Waals surface area contributed by atoms with E-state index >= 15 is 0 Å². The Morgan fingerprint density at radius 2 is 1.78 bits per heavy atom. The fourth-order valence-corrected chi connectivity index (χ4v) is 2.84. The standard InChI is InChI=1S/C24H21ClN2O5/c1-16-7-10-18(11-8-16)31-15-23(28)27-26-14-17-9-12-21(22(13-17)30-2)32-24(29)19-5-3-4-6-20(19)25/h3-14H,15H2,1-2H3,(H,27,28)/b26-14-. The highest BCUT2D eigenvalue weighted by Gasteiger charge is 2.15. The molecule has 0 saturated carbocycles. The molecule has 32 heavy (non-hydrogen) atoms. The second-order valence-corrected chi connectivity index (χ2v) is 7.08. The number of rotatable bonds is 8. The van der Waals surface area contributed by atoms with Gasteiger partial charge >= 0.3 is 5.97 Å². The zero-order valence-corrected chi connectivity index (χ0v) is 18.3. The first-order valence-electron chi connectivity index (χ1n) is 9.62. The van der Waals surface area contributed by atoms with Crippen LogP contribution in [0, 0.1) is 6.92 Å². The van der Waals surface area contributed by atoms with Crippen molar-refractivity contribution in [2.75, 3.05) is 13.7 Å². The van der Waals surface area contributed by atoms with Crippen molar-refractivity contribution in [3.63, 3.8) is 0 Å². The van der Waals surface area contributed by atoms with E-state index in [0.717, 1.165) is 5.56 Å². The second-order valence-electron chi connectivity index (χ2n) is 6.67. The molecular formula is C24H21ClN2O5. The van der Waals surface area contributed by atoms with E-state index in [-0.39, 0.29) is 17.9 Å². The molecule has 1 amide bonds. The van der Waals surface area contributed by atoms with Gasteiger partial charge in [0.25, 0.3) is 5.91 Å². The van der Waals surface area contributed by atoms with Crippen molar-refractivity contribution in [3.05, 3.63) is 88.4 Å². The molecule has 3 aromatic carbocycles. The van der Waals surface area contributed by atoms with Crippen LogP contribution >= 0.6 is 11.6 Å². The molecule has 0 aromatic heterocycles. The van der Waals surface area contributed by atoms with Gasteiger partial charge in [-0.15, -0.1) is 0 Å². The Morgan fingerprint density at radius 1 is 1.03 bits per heavy atom. The first kappa shape index (κ1) is 22.8. The Bertz CT molecular complexity index is 1130. The van der Waals surface area contributed by atoms with Crippen LogP contribution in [-0.4, -0.2) is 31.8 Å². The second kappa shape index (κ2) is 11.0. The van der Waals surface area contributed by atoms with E-state index in [1.54, 1.807) is 54.6 Å². The molecule has 0 radical (unpaired) electrons. The van der Waals surface area contributed by atoms with E-state index in [1.807, 2.05) is 19.1 Å². The maximum absolute atomic E-state index is 12.4. The molecule has 0 heterocycles. The van der Waals surface area contributed by atoms with E-state index in [9.17, 15) is 9.59 Å². The maximum Gasteiger partial charge on any atom is 0.345 e. The molecule has 1 N–H and O–H groups in total. The van der Waals surface area contributed by atoms with Crippen molar-refractivity contribution in [3.8, 4) is 17.2 Å². The summed E-state index contributed by atoms with van der Waals surface area (Å²) in [6.45, 7) is 1.80. The quantitative estimate of drug-likeness (QED) is 0.237. The summed E-state index contributed by atoms with van der Waals surface area (Å²) >= 11 is 6.04. The van der Waals surface area contributed by atoms with Crippen LogP contribution in [0.5, 0.6) is 17.2 Å². The summed E-state index contributed by atoms with van der Waals surface area (Å²) in [5.41, 5.74) is 4.36.